The first-order valence-electron chi connectivity index (χ1n) is 33.7. The van der Waals surface area contributed by atoms with Crippen LogP contribution in [-0.4, -0.2) is 177 Å². The molecule has 96 heavy (non-hydrogen) atoms. The number of Topliss-reactive ketones (excluding diaryl/α,β-unsaturated/α-hetero) is 4. The Labute approximate surface area is 571 Å². The molecule has 1 aliphatic heterocycles. The van der Waals surface area contributed by atoms with Gasteiger partial charge in [0.1, 0.15) is 18.2 Å². The van der Waals surface area contributed by atoms with Gasteiger partial charge in [-0.05, 0) is 93.9 Å². The number of ketones is 4. The number of likely N-dealkylation sites (tertiary alicyclic amines) is 1. The fraction of sp³-hybridized carbons (Fsp3) is 0.648. The molecule has 534 valence electrons. The number of likely N-dealkylation sites (N-methyl/N-ethyl adjacent to an activating group) is 1. The van der Waals surface area contributed by atoms with E-state index in [4.69, 9.17) is 35.2 Å². The maximum Gasteiger partial charge on any atom is 0.408 e. The molecular weight excluding hydrogens is 1250 g/mol. The van der Waals surface area contributed by atoms with Gasteiger partial charge >= 0.3 is 12.1 Å². The summed E-state index contributed by atoms with van der Waals surface area (Å²) in [5.41, 5.74) is 11.3. The Hall–Kier alpha value is -7.03. The molecule has 8 N–H and O–H groups in total. The second-order valence-electron chi connectivity index (χ2n) is 26.6. The summed E-state index contributed by atoms with van der Waals surface area (Å²) >= 11 is 1.53. The first kappa shape index (κ1) is 81.4. The minimum atomic E-state index is -1.48. The first-order chi connectivity index (χ1) is 45.6. The molecule has 11 atom stereocenters. The predicted molar refractivity (Wildman–Crippen MR) is 367 cm³/mol. The van der Waals surface area contributed by atoms with Crippen LogP contribution in [-0.2, 0) is 75.1 Å². The van der Waals surface area contributed by atoms with E-state index in [9.17, 15) is 47.9 Å². The van der Waals surface area contributed by atoms with Crippen molar-refractivity contribution in [1.82, 2.24) is 30.7 Å². The summed E-state index contributed by atoms with van der Waals surface area (Å²) in [6.45, 7) is 19.0. The normalized spacial score (nSPS) is 16.4. The quantitative estimate of drug-likeness (QED) is 0.0292. The van der Waals surface area contributed by atoms with Crippen LogP contribution in [0.1, 0.15) is 155 Å². The van der Waals surface area contributed by atoms with E-state index in [0.29, 0.717) is 56.6 Å². The number of nitrogens with zero attached hydrogens (tertiary/aromatic N) is 3. The van der Waals surface area contributed by atoms with Gasteiger partial charge in [0.05, 0.1) is 79.6 Å². The van der Waals surface area contributed by atoms with Gasteiger partial charge in [0.25, 0.3) is 0 Å². The smallest absolute Gasteiger partial charge is 0.408 e. The number of ether oxygens (including phenoxy) is 5. The van der Waals surface area contributed by atoms with Gasteiger partial charge in [-0.3, -0.25) is 33.6 Å². The molecule has 4 rings (SSSR count). The minimum absolute atomic E-state index is 0.0328. The van der Waals surface area contributed by atoms with Gasteiger partial charge in [0.2, 0.25) is 23.6 Å². The highest BCUT2D eigenvalue weighted by Crippen LogP contribution is 2.34. The van der Waals surface area contributed by atoms with E-state index in [2.05, 4.69) is 38.4 Å². The van der Waals surface area contributed by atoms with Gasteiger partial charge in [0, 0.05) is 108 Å². The number of benzene rings is 2. The number of urea groups is 1. The first-order valence-corrected chi connectivity index (χ1v) is 34.6. The molecule has 0 spiro atoms. The van der Waals surface area contributed by atoms with Crippen molar-refractivity contribution in [2.45, 2.75) is 188 Å². The predicted octanol–water partition coefficient (Wildman–Crippen LogP) is 7.98. The SMILES string of the molecule is CC[C@H](C)[C@@H]([C@@H](CC(=O)N1CCC[C@H]1[C@H](OC)[C@@H](C)C(=O)C[C@@H](Cc1ccccc1)c1nccs1)OC)N(C)C(=O)[C@@H](CC(=O)C(C)(C)NC(=O)OCc1ccc(NC(=O)[C@H](CCCNC(N)=O)CC(=O)[C@@H](NC(=O)[C@H](COCCOCCN)CC(C)=O)C(C)C)cc1)C(C)C. The molecule has 3 aromatic rings. The summed E-state index contributed by atoms with van der Waals surface area (Å²) in [5, 5.41) is 13.6. The van der Waals surface area contributed by atoms with Crippen LogP contribution in [0.4, 0.5) is 15.3 Å². The topological polar surface area (TPSA) is 336 Å². The van der Waals surface area contributed by atoms with Crippen LogP contribution < -0.4 is 32.7 Å². The monoisotopic (exact) mass is 1360 g/mol. The van der Waals surface area contributed by atoms with Crippen molar-refractivity contribution in [3.63, 3.8) is 0 Å². The lowest BCUT2D eigenvalue weighted by Gasteiger charge is -2.41. The summed E-state index contributed by atoms with van der Waals surface area (Å²) in [6, 6.07) is 13.8. The molecule has 2 heterocycles. The van der Waals surface area contributed by atoms with Gasteiger partial charge in [-0.2, -0.15) is 0 Å². The zero-order valence-corrected chi connectivity index (χ0v) is 59.6. The molecule has 24 nitrogen and oxygen atoms in total. The summed E-state index contributed by atoms with van der Waals surface area (Å²) in [4.78, 5) is 144. The second-order valence-corrected chi connectivity index (χ2v) is 27.5. The van der Waals surface area contributed by atoms with E-state index in [-0.39, 0.29) is 119 Å². The number of amides is 7. The van der Waals surface area contributed by atoms with E-state index in [1.54, 1.807) is 63.4 Å². The zero-order chi connectivity index (χ0) is 71.2. The fourth-order valence-corrected chi connectivity index (χ4v) is 13.1. The number of nitrogens with one attached hydrogen (secondary N) is 4. The van der Waals surface area contributed by atoms with Crippen LogP contribution >= 0.6 is 11.3 Å². The van der Waals surface area contributed by atoms with Crippen molar-refractivity contribution in [3.05, 3.63) is 82.3 Å². The van der Waals surface area contributed by atoms with Crippen molar-refractivity contribution >= 4 is 75.9 Å². The van der Waals surface area contributed by atoms with Crippen LogP contribution in [0.25, 0.3) is 0 Å². The highest BCUT2D eigenvalue weighted by atomic mass is 32.1. The number of thiazole rings is 1. The molecule has 0 bridgehead atoms. The van der Waals surface area contributed by atoms with Crippen LogP contribution in [0.15, 0.2) is 66.2 Å². The second kappa shape index (κ2) is 41.3. The molecule has 0 unspecified atom stereocenters. The number of nitrogens with two attached hydrogens (primary N) is 2. The van der Waals surface area contributed by atoms with E-state index in [1.807, 2.05) is 63.1 Å². The molecule has 1 saturated heterocycles. The number of hydrogen-bond acceptors (Lipinski definition) is 18. The van der Waals surface area contributed by atoms with Crippen LogP contribution in [0.5, 0.6) is 0 Å². The standard InChI is InChI=1S/C71H109N9O15S/c1-14-46(6)63(59(91-12)41-61(85)80-31-19-23-56(80)64(92-13)48(8)57(82)39-52(67-74-30-35-96-67)37-49-20-16-15-17-21-49)79(11)68(88)55(44(2)3)40-60(84)71(9,10)78-70(90)95-42-50-24-26-54(27-25-50)76-65(86)51(22-18-29-75-69(73)89)38-58(83)62(45(4)5)77-66(87)53(36-47(7)81)43-94-34-33-93-32-28-72/h15-17,20-21,24-27,30,35,44-46,48,51-53,55-56,59,62-64H,14,18-19,22-23,28-29,31-34,36-43,72H2,1-13H3,(H,76,86)(H,77,87)(H,78,90)(H3,73,75,89)/t46-,48-,51+,52+,53-,55-,56-,59+,62-,63-,64+/m0/s1. The number of anilines is 1. The van der Waals surface area contributed by atoms with E-state index in [0.717, 1.165) is 17.0 Å². The molecule has 25 heteroatoms. The Morgan fingerprint density at radius 1 is 0.802 bits per heavy atom. The summed E-state index contributed by atoms with van der Waals surface area (Å²) in [5.74, 6) is -6.64. The minimum Gasteiger partial charge on any atom is -0.445 e. The Morgan fingerprint density at radius 2 is 1.49 bits per heavy atom. The van der Waals surface area contributed by atoms with Crippen LogP contribution in [0.2, 0.25) is 0 Å². The third-order valence-electron chi connectivity index (χ3n) is 18.2. The van der Waals surface area contributed by atoms with Crippen molar-refractivity contribution in [2.24, 2.45) is 52.9 Å². The number of rotatable bonds is 45. The Bertz CT molecular complexity index is 2950. The van der Waals surface area contributed by atoms with Crippen molar-refractivity contribution < 1.29 is 71.6 Å². The third-order valence-corrected chi connectivity index (χ3v) is 19.1. The lowest BCUT2D eigenvalue weighted by atomic mass is 9.83. The Balaban J connectivity index is 1.37. The molecule has 1 aromatic heterocycles. The third kappa shape index (κ3) is 26.1. The highest BCUT2D eigenvalue weighted by Gasteiger charge is 2.44. The lowest BCUT2D eigenvalue weighted by molar-refractivity contribution is -0.149. The largest absolute Gasteiger partial charge is 0.445 e. The summed E-state index contributed by atoms with van der Waals surface area (Å²) < 4.78 is 28.8. The van der Waals surface area contributed by atoms with Gasteiger partial charge < -0.3 is 71.0 Å². The van der Waals surface area contributed by atoms with Crippen molar-refractivity contribution in [2.75, 3.05) is 72.6 Å². The number of carbonyl (C=O) groups excluding carboxylic acids is 10. The average Bonchev–Trinajstić information content (AvgIpc) is 1.68. The van der Waals surface area contributed by atoms with Gasteiger partial charge in [-0.15, -0.1) is 11.3 Å². The number of carbonyl (C=O) groups is 10. The molecular formula is C71H109N9O15S. The van der Waals surface area contributed by atoms with E-state index >= 15 is 0 Å². The summed E-state index contributed by atoms with van der Waals surface area (Å²) in [7, 11) is 4.80. The number of aromatic nitrogens is 1. The number of hydrogen-bond donors (Lipinski definition) is 6. The Kier molecular flexibility index (Phi) is 35.0. The fourth-order valence-electron chi connectivity index (χ4n) is 12.4. The number of methoxy groups -OCH3 is 2. The molecule has 0 aliphatic carbocycles. The van der Waals surface area contributed by atoms with Crippen LogP contribution in [0, 0.1) is 41.4 Å². The van der Waals surface area contributed by atoms with Crippen molar-refractivity contribution in [1.29, 1.82) is 0 Å². The summed E-state index contributed by atoms with van der Waals surface area (Å²) in [6.07, 6.45) is 2.36. The Morgan fingerprint density at radius 3 is 2.08 bits per heavy atom. The average molecular weight is 1360 g/mol. The number of alkyl carbamates (subject to hydrolysis) is 1. The lowest BCUT2D eigenvalue weighted by Crippen LogP contribution is -2.55. The molecule has 0 radical (unpaired) electrons. The highest BCUT2D eigenvalue weighted by molar-refractivity contribution is 7.09. The molecule has 2 aromatic carbocycles. The molecule has 1 fully saturated rings. The molecule has 0 saturated carbocycles. The molecule has 7 amide bonds. The number of primary amides is 1. The molecule has 1 aliphatic rings. The maximum absolute atomic E-state index is 14.8. The van der Waals surface area contributed by atoms with Gasteiger partial charge in [-0.25, -0.2) is 14.6 Å². The van der Waals surface area contributed by atoms with E-state index < -0.39 is 94.9 Å². The van der Waals surface area contributed by atoms with Gasteiger partial charge in [0.15, 0.2) is 11.6 Å². The van der Waals surface area contributed by atoms with Crippen molar-refractivity contribution in [3.8, 4) is 0 Å². The van der Waals surface area contributed by atoms with E-state index in [1.165, 1.54) is 39.2 Å². The van der Waals surface area contributed by atoms with Crippen LogP contribution in [0.3, 0.4) is 0 Å². The maximum atomic E-state index is 14.8. The zero-order valence-electron chi connectivity index (χ0n) is 58.8. The van der Waals surface area contributed by atoms with Gasteiger partial charge in [-0.1, -0.05) is 97.4 Å².